The Balaban J connectivity index is 1.57. The van der Waals surface area contributed by atoms with Crippen molar-refractivity contribution in [2.75, 3.05) is 14.2 Å². The number of carbonyl (C=O) groups is 1. The van der Waals surface area contributed by atoms with Crippen molar-refractivity contribution in [1.29, 1.82) is 0 Å². The zero-order valence-electron chi connectivity index (χ0n) is 17.1. The second-order valence-electron chi connectivity index (χ2n) is 6.60. The van der Waals surface area contributed by atoms with Crippen molar-refractivity contribution in [2.24, 2.45) is 0 Å². The molecule has 0 radical (unpaired) electrons. The Labute approximate surface area is 183 Å². The highest BCUT2D eigenvalue weighted by molar-refractivity contribution is 7.13. The van der Waals surface area contributed by atoms with Gasteiger partial charge in [0.1, 0.15) is 5.75 Å². The molecule has 0 unspecified atom stereocenters. The molecule has 1 amide bonds. The van der Waals surface area contributed by atoms with Crippen LogP contribution in [0.5, 0.6) is 5.75 Å². The van der Waals surface area contributed by atoms with E-state index in [0.717, 1.165) is 21.9 Å². The first-order valence-corrected chi connectivity index (χ1v) is 10.4. The lowest BCUT2D eigenvalue weighted by Crippen LogP contribution is -2.24. The fourth-order valence-corrected chi connectivity index (χ4v) is 3.74. The number of ether oxygens (including phenoxy) is 2. The zero-order chi connectivity index (χ0) is 21.6. The molecule has 3 heterocycles. The number of nitrogens with zero attached hydrogens (tertiary/aromatic N) is 4. The van der Waals surface area contributed by atoms with Crippen LogP contribution in [-0.2, 0) is 17.9 Å². The number of hydrogen-bond donors (Lipinski definition) is 1. The predicted molar refractivity (Wildman–Crippen MR) is 117 cm³/mol. The van der Waals surface area contributed by atoms with Gasteiger partial charge in [-0.25, -0.2) is 9.97 Å². The highest BCUT2D eigenvalue weighted by atomic mass is 32.1. The summed E-state index contributed by atoms with van der Waals surface area (Å²) in [5.74, 6) is 0.902. The van der Waals surface area contributed by atoms with Gasteiger partial charge in [-0.1, -0.05) is 18.2 Å². The smallest absolute Gasteiger partial charge is 0.255 e. The molecule has 0 atom stereocenters. The molecule has 158 valence electrons. The van der Waals surface area contributed by atoms with Crippen LogP contribution in [-0.4, -0.2) is 39.9 Å². The number of methoxy groups -OCH3 is 2. The molecule has 0 spiro atoms. The van der Waals surface area contributed by atoms with Crippen LogP contribution >= 0.6 is 11.3 Å². The number of benzene rings is 1. The normalized spacial score (nSPS) is 10.8. The topological polar surface area (TPSA) is 91.2 Å². The average molecular weight is 436 g/mol. The van der Waals surface area contributed by atoms with Crippen molar-refractivity contribution < 1.29 is 14.3 Å². The van der Waals surface area contributed by atoms with E-state index in [1.54, 1.807) is 36.4 Å². The van der Waals surface area contributed by atoms with E-state index in [-0.39, 0.29) is 12.5 Å². The Hall–Kier alpha value is -3.56. The lowest BCUT2D eigenvalue weighted by molar-refractivity contribution is 0.0945. The van der Waals surface area contributed by atoms with Gasteiger partial charge in [-0.05, 0) is 35.2 Å². The van der Waals surface area contributed by atoms with Crippen molar-refractivity contribution in [3.8, 4) is 22.3 Å². The minimum Gasteiger partial charge on any atom is -0.497 e. The molecule has 0 saturated heterocycles. The molecular weight excluding hydrogens is 414 g/mol. The Kier molecular flexibility index (Phi) is 6.34. The maximum Gasteiger partial charge on any atom is 0.255 e. The highest BCUT2D eigenvalue weighted by Gasteiger charge is 2.20. The van der Waals surface area contributed by atoms with E-state index in [9.17, 15) is 4.79 Å². The van der Waals surface area contributed by atoms with Gasteiger partial charge in [-0.15, -0.1) is 11.3 Å². The number of nitrogens with one attached hydrogen (secondary N) is 1. The molecule has 0 fully saturated rings. The summed E-state index contributed by atoms with van der Waals surface area (Å²) < 4.78 is 12.0. The molecule has 8 nitrogen and oxygen atoms in total. The molecule has 1 aromatic carbocycles. The highest BCUT2D eigenvalue weighted by Crippen LogP contribution is 2.23. The van der Waals surface area contributed by atoms with E-state index in [4.69, 9.17) is 9.47 Å². The van der Waals surface area contributed by atoms with Crippen molar-refractivity contribution in [2.45, 2.75) is 13.2 Å². The summed E-state index contributed by atoms with van der Waals surface area (Å²) in [7, 11) is 3.19. The van der Waals surface area contributed by atoms with Gasteiger partial charge in [-0.2, -0.15) is 9.78 Å². The van der Waals surface area contributed by atoms with E-state index in [0.29, 0.717) is 23.8 Å². The molecule has 0 aliphatic carbocycles. The van der Waals surface area contributed by atoms with Crippen molar-refractivity contribution in [1.82, 2.24) is 25.1 Å². The fraction of sp³-hybridized carbons (Fsp3) is 0.182. The van der Waals surface area contributed by atoms with E-state index in [2.05, 4.69) is 20.4 Å². The summed E-state index contributed by atoms with van der Waals surface area (Å²) in [6.45, 7) is 0.572. The summed E-state index contributed by atoms with van der Waals surface area (Å²) in [5.41, 5.74) is 2.75. The van der Waals surface area contributed by atoms with Crippen LogP contribution in [0.25, 0.3) is 16.5 Å². The number of rotatable bonds is 8. The summed E-state index contributed by atoms with van der Waals surface area (Å²) in [6, 6.07) is 13.3. The van der Waals surface area contributed by atoms with E-state index < -0.39 is 0 Å². The molecule has 0 saturated carbocycles. The second-order valence-corrected chi connectivity index (χ2v) is 7.55. The molecule has 31 heavy (non-hydrogen) atoms. The summed E-state index contributed by atoms with van der Waals surface area (Å²) in [4.78, 5) is 22.8. The third-order valence-corrected chi connectivity index (χ3v) is 5.50. The summed E-state index contributed by atoms with van der Waals surface area (Å²) in [5, 5.41) is 9.28. The van der Waals surface area contributed by atoms with Crippen LogP contribution in [0.4, 0.5) is 0 Å². The molecule has 4 rings (SSSR count). The number of thiophene rings is 1. The molecule has 9 heteroatoms. The lowest BCUT2D eigenvalue weighted by atomic mass is 10.2. The molecule has 1 N–H and O–H groups in total. The van der Waals surface area contributed by atoms with Crippen molar-refractivity contribution in [3.63, 3.8) is 0 Å². The van der Waals surface area contributed by atoms with Gasteiger partial charge >= 0.3 is 0 Å². The first kappa shape index (κ1) is 20.7. The van der Waals surface area contributed by atoms with Crippen LogP contribution < -0.4 is 10.1 Å². The van der Waals surface area contributed by atoms with Crippen LogP contribution in [0.15, 0.2) is 60.2 Å². The molecule has 4 aromatic rings. The van der Waals surface area contributed by atoms with Gasteiger partial charge in [0.25, 0.3) is 11.9 Å². The lowest BCUT2D eigenvalue weighted by Gasteiger charge is -2.09. The fourth-order valence-electron chi connectivity index (χ4n) is 3.04. The molecular formula is C22H21N5O3S. The van der Waals surface area contributed by atoms with Crippen LogP contribution in [0.1, 0.15) is 21.6 Å². The number of hydrogen-bond acceptors (Lipinski definition) is 7. The monoisotopic (exact) mass is 435 g/mol. The third-order valence-electron chi connectivity index (χ3n) is 4.61. The minimum absolute atomic E-state index is 0.192. The Morgan fingerprint density at radius 2 is 2.00 bits per heavy atom. The molecule has 0 bridgehead atoms. The number of amides is 1. The quantitative estimate of drug-likeness (QED) is 0.456. The first-order chi connectivity index (χ1) is 15.2. The Morgan fingerprint density at radius 1 is 1.16 bits per heavy atom. The van der Waals surface area contributed by atoms with Gasteiger partial charge < -0.3 is 14.8 Å². The van der Waals surface area contributed by atoms with Gasteiger partial charge in [0.15, 0.2) is 0 Å². The number of carbonyl (C=O) groups excluding carboxylic acids is 1. The van der Waals surface area contributed by atoms with E-state index in [1.165, 1.54) is 6.20 Å². The average Bonchev–Trinajstić information content (AvgIpc) is 3.49. The molecule has 3 aromatic heterocycles. The zero-order valence-corrected chi connectivity index (χ0v) is 17.9. The maximum atomic E-state index is 12.9. The third kappa shape index (κ3) is 4.62. The number of aromatic nitrogens is 4. The van der Waals surface area contributed by atoms with Crippen LogP contribution in [0.3, 0.4) is 0 Å². The van der Waals surface area contributed by atoms with Gasteiger partial charge in [0, 0.05) is 19.9 Å². The predicted octanol–water partition coefficient (Wildman–Crippen LogP) is 3.48. The second kappa shape index (κ2) is 9.50. The Morgan fingerprint density at radius 3 is 2.71 bits per heavy atom. The Bertz CT molecular complexity index is 1160. The molecule has 0 aliphatic rings. The largest absolute Gasteiger partial charge is 0.497 e. The van der Waals surface area contributed by atoms with Crippen LogP contribution in [0, 0.1) is 0 Å². The van der Waals surface area contributed by atoms with E-state index in [1.807, 2.05) is 47.8 Å². The van der Waals surface area contributed by atoms with Gasteiger partial charge in [0.2, 0.25) is 0 Å². The standard InChI is InChI=1S/C22H21N5O3S/c1-29-14-19-17(21(28)24-12-15-5-7-16(30-2)8-6-15)13-25-27(19)22-23-10-9-18(26-22)20-4-3-11-31-20/h3-11,13H,12,14H2,1-2H3,(H,24,28). The van der Waals surface area contributed by atoms with Gasteiger partial charge in [-0.3, -0.25) is 4.79 Å². The van der Waals surface area contributed by atoms with Crippen molar-refractivity contribution in [3.05, 3.63) is 77.1 Å². The first-order valence-electron chi connectivity index (χ1n) is 9.54. The molecule has 0 aliphatic heterocycles. The van der Waals surface area contributed by atoms with Gasteiger partial charge in [0.05, 0.1) is 41.7 Å². The summed E-state index contributed by atoms with van der Waals surface area (Å²) in [6.07, 6.45) is 3.19. The summed E-state index contributed by atoms with van der Waals surface area (Å²) >= 11 is 1.59. The SMILES string of the molecule is COCc1c(C(=O)NCc2ccc(OC)cc2)cnn1-c1nccc(-c2cccs2)n1. The van der Waals surface area contributed by atoms with Crippen molar-refractivity contribution >= 4 is 17.2 Å². The van der Waals surface area contributed by atoms with Crippen LogP contribution in [0.2, 0.25) is 0 Å². The maximum absolute atomic E-state index is 12.9. The van der Waals surface area contributed by atoms with E-state index >= 15 is 0 Å². The minimum atomic E-state index is -0.247.